The molecule has 2 amide bonds. The van der Waals surface area contributed by atoms with E-state index < -0.39 is 29.3 Å². The SMILES string of the molecule is O=C(CN1C(=O)c2cc(Cl)c(Cl)cc2C1=O)OCc1ccc(Oc2ccc([N+](=O)[O-])cc2)cc1. The van der Waals surface area contributed by atoms with Gasteiger partial charge in [0.15, 0.2) is 0 Å². The topological polar surface area (TPSA) is 116 Å². The number of nitro benzene ring substituents is 1. The lowest BCUT2D eigenvalue weighted by Crippen LogP contribution is -2.35. The summed E-state index contributed by atoms with van der Waals surface area (Å²) in [7, 11) is 0. The van der Waals surface area contributed by atoms with Crippen molar-refractivity contribution in [2.45, 2.75) is 6.61 Å². The van der Waals surface area contributed by atoms with E-state index in [4.69, 9.17) is 32.7 Å². The van der Waals surface area contributed by atoms with E-state index in [1.807, 2.05) is 0 Å². The Morgan fingerprint density at radius 1 is 0.882 bits per heavy atom. The third-order valence-corrected chi connectivity index (χ3v) is 5.63. The van der Waals surface area contributed by atoms with Gasteiger partial charge in [-0.05, 0) is 42.0 Å². The van der Waals surface area contributed by atoms with Crippen molar-refractivity contribution in [2.75, 3.05) is 6.54 Å². The lowest BCUT2D eigenvalue weighted by molar-refractivity contribution is -0.384. The second-order valence-electron chi connectivity index (χ2n) is 7.17. The van der Waals surface area contributed by atoms with Crippen LogP contribution in [0.4, 0.5) is 5.69 Å². The van der Waals surface area contributed by atoms with Crippen molar-refractivity contribution >= 4 is 46.7 Å². The summed E-state index contributed by atoms with van der Waals surface area (Å²) in [4.78, 5) is 48.2. The number of nitro groups is 1. The summed E-state index contributed by atoms with van der Waals surface area (Å²) in [6.07, 6.45) is 0. The van der Waals surface area contributed by atoms with E-state index in [-0.39, 0.29) is 33.5 Å². The lowest BCUT2D eigenvalue weighted by Gasteiger charge is -2.13. The number of hydrogen-bond acceptors (Lipinski definition) is 7. The molecule has 3 aromatic carbocycles. The van der Waals surface area contributed by atoms with Crippen LogP contribution < -0.4 is 4.74 Å². The molecule has 0 saturated heterocycles. The maximum Gasteiger partial charge on any atom is 0.326 e. The van der Waals surface area contributed by atoms with Gasteiger partial charge < -0.3 is 9.47 Å². The smallest absolute Gasteiger partial charge is 0.326 e. The second-order valence-corrected chi connectivity index (χ2v) is 7.98. The zero-order chi connectivity index (χ0) is 24.4. The fourth-order valence-corrected chi connectivity index (χ4v) is 3.52. The number of non-ortho nitro benzene ring substituents is 1. The van der Waals surface area contributed by atoms with Gasteiger partial charge in [-0.15, -0.1) is 0 Å². The number of imide groups is 1. The quantitative estimate of drug-likeness (QED) is 0.193. The molecule has 0 radical (unpaired) electrons. The number of amides is 2. The van der Waals surface area contributed by atoms with Gasteiger partial charge in [-0.3, -0.25) is 29.4 Å². The van der Waals surface area contributed by atoms with Crippen molar-refractivity contribution in [1.29, 1.82) is 0 Å². The molecule has 0 aliphatic carbocycles. The molecular formula is C23H14Cl2N2O7. The van der Waals surface area contributed by atoms with Crippen molar-refractivity contribution in [3.8, 4) is 11.5 Å². The van der Waals surface area contributed by atoms with Gasteiger partial charge in [0.2, 0.25) is 0 Å². The van der Waals surface area contributed by atoms with Crippen LogP contribution in [0.15, 0.2) is 60.7 Å². The Labute approximate surface area is 202 Å². The molecule has 4 rings (SSSR count). The van der Waals surface area contributed by atoms with Crippen LogP contribution in [-0.4, -0.2) is 34.2 Å². The van der Waals surface area contributed by atoms with Gasteiger partial charge in [0.1, 0.15) is 24.7 Å². The van der Waals surface area contributed by atoms with E-state index in [0.717, 1.165) is 4.90 Å². The molecule has 0 unspecified atom stereocenters. The number of carbonyl (C=O) groups is 3. The van der Waals surface area contributed by atoms with Gasteiger partial charge in [-0.1, -0.05) is 35.3 Å². The molecule has 0 N–H and O–H groups in total. The lowest BCUT2D eigenvalue weighted by atomic mass is 10.1. The first kappa shape index (κ1) is 23.2. The fourth-order valence-electron chi connectivity index (χ4n) is 3.19. The van der Waals surface area contributed by atoms with Crippen molar-refractivity contribution in [3.63, 3.8) is 0 Å². The molecule has 0 bridgehead atoms. The summed E-state index contributed by atoms with van der Waals surface area (Å²) in [6.45, 7) is -0.638. The number of rotatable bonds is 7. The minimum Gasteiger partial charge on any atom is -0.459 e. The number of fused-ring (bicyclic) bond motifs is 1. The summed E-state index contributed by atoms with van der Waals surface area (Å²) in [5, 5.41) is 11.0. The molecule has 11 heteroatoms. The maximum atomic E-state index is 12.5. The monoisotopic (exact) mass is 500 g/mol. The van der Waals surface area contributed by atoms with Crippen LogP contribution in [0.5, 0.6) is 11.5 Å². The third kappa shape index (κ3) is 4.85. The zero-order valence-electron chi connectivity index (χ0n) is 17.2. The van der Waals surface area contributed by atoms with Crippen LogP contribution >= 0.6 is 23.2 Å². The molecule has 1 heterocycles. The van der Waals surface area contributed by atoms with Crippen LogP contribution in [0.3, 0.4) is 0 Å². The van der Waals surface area contributed by atoms with Gasteiger partial charge in [-0.25, -0.2) is 0 Å². The average molecular weight is 501 g/mol. The Hall–Kier alpha value is -3.95. The number of halogens is 2. The summed E-state index contributed by atoms with van der Waals surface area (Å²) in [5.41, 5.74) is 0.760. The summed E-state index contributed by atoms with van der Waals surface area (Å²) in [6, 6.07) is 14.8. The highest BCUT2D eigenvalue weighted by Crippen LogP contribution is 2.31. The Kier molecular flexibility index (Phi) is 6.49. The Morgan fingerprint density at radius 2 is 1.38 bits per heavy atom. The van der Waals surface area contributed by atoms with Crippen molar-refractivity contribution < 1.29 is 28.8 Å². The highest BCUT2D eigenvalue weighted by molar-refractivity contribution is 6.43. The highest BCUT2D eigenvalue weighted by Gasteiger charge is 2.37. The first-order valence-electron chi connectivity index (χ1n) is 9.75. The number of hydrogen-bond donors (Lipinski definition) is 0. The molecule has 9 nitrogen and oxygen atoms in total. The normalized spacial score (nSPS) is 12.5. The Balaban J connectivity index is 1.31. The Morgan fingerprint density at radius 3 is 1.88 bits per heavy atom. The third-order valence-electron chi connectivity index (χ3n) is 4.91. The molecule has 3 aromatic rings. The van der Waals surface area contributed by atoms with Crippen molar-refractivity contribution in [3.05, 3.63) is 97.5 Å². The standard InChI is InChI=1S/C23H14Cl2N2O7/c24-19-9-17-18(10-20(19)25)23(30)26(22(17)29)11-21(28)33-12-13-1-5-15(6-2-13)34-16-7-3-14(4-8-16)27(31)32/h1-10H,11-12H2. The molecule has 172 valence electrons. The molecule has 1 aliphatic heterocycles. The van der Waals surface area contributed by atoms with Crippen LogP contribution in [0, 0.1) is 10.1 Å². The molecule has 0 aromatic heterocycles. The molecule has 0 fully saturated rings. The zero-order valence-corrected chi connectivity index (χ0v) is 18.7. The molecule has 34 heavy (non-hydrogen) atoms. The van der Waals surface area contributed by atoms with Crippen molar-refractivity contribution in [2.24, 2.45) is 0 Å². The van der Waals surface area contributed by atoms with Crippen LogP contribution in [0.2, 0.25) is 10.0 Å². The van der Waals surface area contributed by atoms with Gasteiger partial charge >= 0.3 is 5.97 Å². The predicted octanol–water partition coefficient (Wildman–Crippen LogP) is 5.03. The van der Waals surface area contributed by atoms with E-state index in [0.29, 0.717) is 17.1 Å². The largest absolute Gasteiger partial charge is 0.459 e. The predicted molar refractivity (Wildman–Crippen MR) is 121 cm³/mol. The number of nitrogens with zero attached hydrogens (tertiary/aromatic N) is 2. The summed E-state index contributed by atoms with van der Waals surface area (Å²) < 4.78 is 10.8. The van der Waals surface area contributed by atoms with E-state index in [1.54, 1.807) is 24.3 Å². The molecule has 0 atom stereocenters. The maximum absolute atomic E-state index is 12.5. The number of ether oxygens (including phenoxy) is 2. The van der Waals surface area contributed by atoms with Crippen molar-refractivity contribution in [1.82, 2.24) is 4.90 Å². The van der Waals surface area contributed by atoms with Crippen LogP contribution in [0.1, 0.15) is 26.3 Å². The van der Waals surface area contributed by atoms with E-state index in [2.05, 4.69) is 0 Å². The molecular weight excluding hydrogens is 487 g/mol. The first-order chi connectivity index (χ1) is 16.2. The minimum absolute atomic E-state index is 0.0432. The summed E-state index contributed by atoms with van der Waals surface area (Å²) >= 11 is 11.8. The van der Waals surface area contributed by atoms with Gasteiger partial charge in [-0.2, -0.15) is 0 Å². The fraction of sp³-hybridized carbons (Fsp3) is 0.0870. The van der Waals surface area contributed by atoms with E-state index >= 15 is 0 Å². The van der Waals surface area contributed by atoms with E-state index in [9.17, 15) is 24.5 Å². The number of carbonyl (C=O) groups excluding carboxylic acids is 3. The van der Waals surface area contributed by atoms with Gasteiger partial charge in [0.25, 0.3) is 17.5 Å². The Bertz CT molecular complexity index is 1270. The summed E-state index contributed by atoms with van der Waals surface area (Å²) in [5.74, 6) is -1.16. The first-order valence-corrected chi connectivity index (χ1v) is 10.5. The van der Waals surface area contributed by atoms with Crippen LogP contribution in [-0.2, 0) is 16.1 Å². The van der Waals surface area contributed by atoms with E-state index in [1.165, 1.54) is 36.4 Å². The average Bonchev–Trinajstić information content (AvgIpc) is 3.03. The molecule has 1 aliphatic rings. The van der Waals surface area contributed by atoms with Gasteiger partial charge in [0.05, 0.1) is 26.1 Å². The number of esters is 1. The number of benzene rings is 3. The highest BCUT2D eigenvalue weighted by atomic mass is 35.5. The molecule has 0 saturated carbocycles. The van der Waals surface area contributed by atoms with Gasteiger partial charge in [0, 0.05) is 12.1 Å². The minimum atomic E-state index is -0.766. The second kappa shape index (κ2) is 9.50. The van der Waals surface area contributed by atoms with Crippen LogP contribution in [0.25, 0.3) is 0 Å². The molecule has 0 spiro atoms.